The number of rotatable bonds is 2. The predicted octanol–water partition coefficient (Wildman–Crippen LogP) is 3.64. The minimum Gasteiger partial charge on any atom is -0.515 e. The molecule has 0 radical (unpaired) electrons. The molecule has 0 bridgehead atoms. The van der Waals surface area contributed by atoms with E-state index in [0.717, 1.165) is 23.0 Å². The summed E-state index contributed by atoms with van der Waals surface area (Å²) in [7, 11) is 0. The molecule has 0 unspecified atom stereocenters. The Morgan fingerprint density at radius 2 is 2.00 bits per heavy atom. The lowest BCUT2D eigenvalue weighted by Gasteiger charge is -2.04. The quantitative estimate of drug-likeness (QED) is 0.679. The maximum atomic E-state index is 8.89. The lowest BCUT2D eigenvalue weighted by atomic mass is 10.0. The zero-order valence-corrected chi connectivity index (χ0v) is 7.99. The van der Waals surface area contributed by atoms with Crippen molar-refractivity contribution in [2.45, 2.75) is 13.8 Å². The molecule has 1 aromatic rings. The van der Waals surface area contributed by atoms with Gasteiger partial charge in [0.25, 0.3) is 0 Å². The van der Waals surface area contributed by atoms with Crippen molar-refractivity contribution >= 4 is 11.6 Å². The maximum Gasteiger partial charge on any atom is 0.0827 e. The third kappa shape index (κ3) is 2.22. The molecule has 0 aliphatic rings. The van der Waals surface area contributed by atoms with Crippen LogP contribution in [0.2, 0.25) is 0 Å². The molecule has 68 valence electrons. The van der Waals surface area contributed by atoms with Crippen LogP contribution in [0.5, 0.6) is 0 Å². The average Bonchev–Trinajstić information content (AvgIpc) is 2.18. The first kappa shape index (κ1) is 9.59. The van der Waals surface area contributed by atoms with E-state index in [-0.39, 0.29) is 0 Å². The van der Waals surface area contributed by atoms with E-state index in [9.17, 15) is 0 Å². The fourth-order valence-electron chi connectivity index (χ4n) is 1.25. The molecular formula is C12H14O. The minimum absolute atomic E-state index is 0.883. The molecule has 1 rings (SSSR count). The summed E-state index contributed by atoms with van der Waals surface area (Å²) < 4.78 is 0. The van der Waals surface area contributed by atoms with Crippen LogP contribution in [0, 0.1) is 0 Å². The average molecular weight is 174 g/mol. The predicted molar refractivity (Wildman–Crippen MR) is 57.4 cm³/mol. The van der Waals surface area contributed by atoms with Crippen molar-refractivity contribution in [1.29, 1.82) is 0 Å². The van der Waals surface area contributed by atoms with Crippen molar-refractivity contribution in [2.24, 2.45) is 0 Å². The molecule has 1 N–H and O–H groups in total. The largest absolute Gasteiger partial charge is 0.515 e. The molecule has 0 amide bonds. The van der Waals surface area contributed by atoms with Gasteiger partial charge in [-0.3, -0.25) is 0 Å². The standard InChI is InChI=1S/C12H14O/c1-3-6-11-7-4-5-8-12(11)10(2)9-13/h3-9,13H,1-2H3/b6-3-,10-9+. The molecular weight excluding hydrogens is 160 g/mol. The lowest BCUT2D eigenvalue weighted by molar-refractivity contribution is 0.475. The second-order valence-corrected chi connectivity index (χ2v) is 2.90. The summed E-state index contributed by atoms with van der Waals surface area (Å²) in [6, 6.07) is 7.98. The summed E-state index contributed by atoms with van der Waals surface area (Å²) in [4.78, 5) is 0. The molecule has 0 aliphatic carbocycles. The smallest absolute Gasteiger partial charge is 0.0827 e. The number of aliphatic hydroxyl groups excluding tert-OH is 1. The van der Waals surface area contributed by atoms with Crippen LogP contribution in [-0.2, 0) is 0 Å². The summed E-state index contributed by atoms with van der Waals surface area (Å²) in [6.07, 6.45) is 5.16. The SMILES string of the molecule is C/C=C\c1ccccc1/C(C)=C/O. The van der Waals surface area contributed by atoms with Gasteiger partial charge in [0.05, 0.1) is 6.26 Å². The summed E-state index contributed by atoms with van der Waals surface area (Å²) >= 11 is 0. The first-order valence-electron chi connectivity index (χ1n) is 4.32. The van der Waals surface area contributed by atoms with E-state index in [1.54, 1.807) is 0 Å². The molecule has 13 heavy (non-hydrogen) atoms. The number of hydrogen-bond acceptors (Lipinski definition) is 1. The number of hydrogen-bond donors (Lipinski definition) is 1. The second kappa shape index (κ2) is 4.51. The van der Waals surface area contributed by atoms with Crippen molar-refractivity contribution in [1.82, 2.24) is 0 Å². The summed E-state index contributed by atoms with van der Waals surface area (Å²) in [5, 5.41) is 8.89. The Morgan fingerprint density at radius 1 is 1.31 bits per heavy atom. The van der Waals surface area contributed by atoms with Gasteiger partial charge >= 0.3 is 0 Å². The van der Waals surface area contributed by atoms with Crippen molar-refractivity contribution in [3.63, 3.8) is 0 Å². The van der Waals surface area contributed by atoms with Crippen LogP contribution in [-0.4, -0.2) is 5.11 Å². The Morgan fingerprint density at radius 3 is 2.62 bits per heavy atom. The van der Waals surface area contributed by atoms with Gasteiger partial charge in [-0.2, -0.15) is 0 Å². The first-order chi connectivity index (χ1) is 6.29. The topological polar surface area (TPSA) is 20.2 Å². The molecule has 0 saturated heterocycles. The highest BCUT2D eigenvalue weighted by Crippen LogP contribution is 2.19. The third-order valence-corrected chi connectivity index (χ3v) is 1.93. The molecule has 0 aliphatic heterocycles. The van der Waals surface area contributed by atoms with Crippen LogP contribution in [0.15, 0.2) is 36.6 Å². The number of benzene rings is 1. The van der Waals surface area contributed by atoms with Crippen molar-refractivity contribution < 1.29 is 5.11 Å². The maximum absolute atomic E-state index is 8.89. The van der Waals surface area contributed by atoms with Gasteiger partial charge in [0.2, 0.25) is 0 Å². The fraction of sp³-hybridized carbons (Fsp3) is 0.167. The van der Waals surface area contributed by atoms with E-state index in [2.05, 4.69) is 0 Å². The molecule has 0 saturated carbocycles. The van der Waals surface area contributed by atoms with Crippen molar-refractivity contribution in [3.8, 4) is 0 Å². The van der Waals surface area contributed by atoms with E-state index < -0.39 is 0 Å². The molecule has 1 nitrogen and oxygen atoms in total. The van der Waals surface area contributed by atoms with Crippen LogP contribution in [0.4, 0.5) is 0 Å². The van der Waals surface area contributed by atoms with E-state index in [1.807, 2.05) is 50.3 Å². The Kier molecular flexibility index (Phi) is 3.32. The van der Waals surface area contributed by atoms with Gasteiger partial charge in [-0.25, -0.2) is 0 Å². The molecule has 0 fully saturated rings. The number of aliphatic hydroxyl groups is 1. The van der Waals surface area contributed by atoms with Gasteiger partial charge in [0.15, 0.2) is 0 Å². The fourth-order valence-corrected chi connectivity index (χ4v) is 1.25. The van der Waals surface area contributed by atoms with E-state index >= 15 is 0 Å². The molecule has 0 spiro atoms. The van der Waals surface area contributed by atoms with Crippen LogP contribution in [0.3, 0.4) is 0 Å². The minimum atomic E-state index is 0.883. The highest BCUT2D eigenvalue weighted by Gasteiger charge is 1.99. The lowest BCUT2D eigenvalue weighted by Crippen LogP contribution is -1.84. The molecule has 1 heteroatoms. The summed E-state index contributed by atoms with van der Waals surface area (Å²) in [5.41, 5.74) is 3.09. The molecule has 0 aromatic heterocycles. The van der Waals surface area contributed by atoms with Gasteiger partial charge in [0.1, 0.15) is 0 Å². The monoisotopic (exact) mass is 174 g/mol. The molecule has 0 heterocycles. The first-order valence-corrected chi connectivity index (χ1v) is 4.32. The van der Waals surface area contributed by atoms with E-state index in [0.29, 0.717) is 0 Å². The van der Waals surface area contributed by atoms with Crippen LogP contribution >= 0.6 is 0 Å². The molecule has 0 atom stereocenters. The highest BCUT2D eigenvalue weighted by molar-refractivity contribution is 5.72. The van der Waals surface area contributed by atoms with Gasteiger partial charge in [0, 0.05) is 0 Å². The van der Waals surface area contributed by atoms with Crippen LogP contribution in [0.1, 0.15) is 25.0 Å². The third-order valence-electron chi connectivity index (χ3n) is 1.93. The Bertz CT molecular complexity index is 335. The van der Waals surface area contributed by atoms with Crippen molar-refractivity contribution in [3.05, 3.63) is 47.7 Å². The zero-order valence-electron chi connectivity index (χ0n) is 7.99. The van der Waals surface area contributed by atoms with E-state index in [1.165, 1.54) is 0 Å². The van der Waals surface area contributed by atoms with Gasteiger partial charge < -0.3 is 5.11 Å². The zero-order chi connectivity index (χ0) is 9.68. The Hall–Kier alpha value is -1.50. The van der Waals surface area contributed by atoms with Gasteiger partial charge in [-0.1, -0.05) is 36.4 Å². The Labute approximate surface area is 79.0 Å². The van der Waals surface area contributed by atoms with Crippen molar-refractivity contribution in [2.75, 3.05) is 0 Å². The van der Waals surface area contributed by atoms with E-state index in [4.69, 9.17) is 5.11 Å². The van der Waals surface area contributed by atoms with Gasteiger partial charge in [-0.05, 0) is 30.5 Å². The summed E-state index contributed by atoms with van der Waals surface area (Å²) in [5.74, 6) is 0. The summed E-state index contributed by atoms with van der Waals surface area (Å²) in [6.45, 7) is 3.87. The normalized spacial score (nSPS) is 12.3. The number of allylic oxidation sites excluding steroid dienone is 2. The Balaban J connectivity index is 3.19. The highest BCUT2D eigenvalue weighted by atomic mass is 16.2. The van der Waals surface area contributed by atoms with Crippen LogP contribution in [0.25, 0.3) is 11.6 Å². The second-order valence-electron chi connectivity index (χ2n) is 2.90. The van der Waals surface area contributed by atoms with Crippen LogP contribution < -0.4 is 0 Å². The molecule has 1 aromatic carbocycles. The van der Waals surface area contributed by atoms with Gasteiger partial charge in [-0.15, -0.1) is 0 Å².